The number of aryl methyl sites for hydroxylation is 1. The van der Waals surface area contributed by atoms with Crippen molar-refractivity contribution >= 4 is 15.9 Å². The van der Waals surface area contributed by atoms with Gasteiger partial charge in [0.15, 0.2) is 0 Å². The summed E-state index contributed by atoms with van der Waals surface area (Å²) in [5.74, 6) is 1.69. The molecule has 1 heterocycles. The fourth-order valence-electron chi connectivity index (χ4n) is 1.65. The SMILES string of the molecule is Cc1cc(Br)ccc1-c1ccc(C(C)N)o1. The minimum atomic E-state index is -0.0653. The minimum absolute atomic E-state index is 0.0653. The summed E-state index contributed by atoms with van der Waals surface area (Å²) in [5.41, 5.74) is 8.05. The average molecular weight is 280 g/mol. The van der Waals surface area contributed by atoms with Crippen molar-refractivity contribution in [2.75, 3.05) is 0 Å². The number of rotatable bonds is 2. The van der Waals surface area contributed by atoms with Crippen molar-refractivity contribution < 1.29 is 4.42 Å². The van der Waals surface area contributed by atoms with Crippen LogP contribution in [0.15, 0.2) is 39.2 Å². The number of furan rings is 1. The highest BCUT2D eigenvalue weighted by atomic mass is 79.9. The van der Waals surface area contributed by atoms with Gasteiger partial charge in [-0.15, -0.1) is 0 Å². The van der Waals surface area contributed by atoms with Gasteiger partial charge >= 0.3 is 0 Å². The predicted molar refractivity (Wildman–Crippen MR) is 69.2 cm³/mol. The number of nitrogens with two attached hydrogens (primary N) is 1. The van der Waals surface area contributed by atoms with Gasteiger partial charge in [-0.05, 0) is 49.7 Å². The lowest BCUT2D eigenvalue weighted by Gasteiger charge is -2.04. The van der Waals surface area contributed by atoms with Crippen LogP contribution in [0.2, 0.25) is 0 Å². The standard InChI is InChI=1S/C13H14BrNO/c1-8-7-10(14)3-4-11(8)13-6-5-12(16-13)9(2)15/h3-7,9H,15H2,1-2H3. The topological polar surface area (TPSA) is 39.2 Å². The molecule has 2 rings (SSSR count). The summed E-state index contributed by atoms with van der Waals surface area (Å²) in [6, 6.07) is 9.96. The highest BCUT2D eigenvalue weighted by Crippen LogP contribution is 2.28. The lowest BCUT2D eigenvalue weighted by molar-refractivity contribution is 0.491. The first-order chi connectivity index (χ1) is 7.58. The van der Waals surface area contributed by atoms with Crippen LogP contribution in [0.5, 0.6) is 0 Å². The second kappa shape index (κ2) is 4.44. The molecule has 0 amide bonds. The van der Waals surface area contributed by atoms with Crippen LogP contribution in [-0.4, -0.2) is 0 Å². The fraction of sp³-hybridized carbons (Fsp3) is 0.231. The van der Waals surface area contributed by atoms with Gasteiger partial charge in [0, 0.05) is 10.0 Å². The predicted octanol–water partition coefficient (Wildman–Crippen LogP) is 4.04. The molecule has 0 fully saturated rings. The van der Waals surface area contributed by atoms with Crippen molar-refractivity contribution in [3.05, 3.63) is 46.1 Å². The average Bonchev–Trinajstić information content (AvgIpc) is 2.66. The number of halogens is 1. The fourth-order valence-corrected chi connectivity index (χ4v) is 2.12. The Balaban J connectivity index is 2.42. The summed E-state index contributed by atoms with van der Waals surface area (Å²) in [6.45, 7) is 3.98. The highest BCUT2D eigenvalue weighted by Gasteiger charge is 2.09. The number of hydrogen-bond donors (Lipinski definition) is 1. The molecule has 0 radical (unpaired) electrons. The highest BCUT2D eigenvalue weighted by molar-refractivity contribution is 9.10. The van der Waals surface area contributed by atoms with Gasteiger partial charge in [-0.2, -0.15) is 0 Å². The molecule has 1 unspecified atom stereocenters. The second-order valence-corrected chi connectivity index (χ2v) is 4.87. The maximum absolute atomic E-state index is 5.77. The van der Waals surface area contributed by atoms with Crippen LogP contribution in [0.3, 0.4) is 0 Å². The molecule has 0 aliphatic heterocycles. The van der Waals surface area contributed by atoms with E-state index >= 15 is 0 Å². The van der Waals surface area contributed by atoms with Crippen molar-refractivity contribution in [3.8, 4) is 11.3 Å². The van der Waals surface area contributed by atoms with Crippen LogP contribution in [0, 0.1) is 6.92 Å². The van der Waals surface area contributed by atoms with Crippen molar-refractivity contribution in [1.29, 1.82) is 0 Å². The molecular formula is C13H14BrNO. The zero-order valence-corrected chi connectivity index (χ0v) is 10.9. The largest absolute Gasteiger partial charge is 0.459 e. The van der Waals surface area contributed by atoms with Crippen LogP contribution < -0.4 is 5.73 Å². The third-order valence-electron chi connectivity index (χ3n) is 2.53. The Labute approximate surface area is 104 Å². The molecule has 1 atom stereocenters. The molecule has 2 aromatic rings. The normalized spacial score (nSPS) is 12.8. The van der Waals surface area contributed by atoms with E-state index < -0.39 is 0 Å². The third-order valence-corrected chi connectivity index (χ3v) is 3.02. The molecular weight excluding hydrogens is 266 g/mol. The Morgan fingerprint density at radius 1 is 1.25 bits per heavy atom. The van der Waals surface area contributed by atoms with Crippen molar-refractivity contribution in [2.45, 2.75) is 19.9 Å². The van der Waals surface area contributed by atoms with E-state index in [9.17, 15) is 0 Å². The lowest BCUT2D eigenvalue weighted by Crippen LogP contribution is -2.02. The maximum atomic E-state index is 5.77. The molecule has 84 valence electrons. The summed E-state index contributed by atoms with van der Waals surface area (Å²) in [5, 5.41) is 0. The molecule has 0 saturated heterocycles. The van der Waals surface area contributed by atoms with Gasteiger partial charge in [0.05, 0.1) is 6.04 Å². The first-order valence-electron chi connectivity index (χ1n) is 5.20. The second-order valence-electron chi connectivity index (χ2n) is 3.95. The third kappa shape index (κ3) is 2.20. The molecule has 2 N–H and O–H groups in total. The van der Waals surface area contributed by atoms with E-state index in [1.165, 1.54) is 5.56 Å². The molecule has 16 heavy (non-hydrogen) atoms. The molecule has 0 aliphatic carbocycles. The van der Waals surface area contributed by atoms with E-state index in [-0.39, 0.29) is 6.04 Å². The first-order valence-corrected chi connectivity index (χ1v) is 5.99. The van der Waals surface area contributed by atoms with Gasteiger partial charge in [-0.25, -0.2) is 0 Å². The molecule has 0 spiro atoms. The lowest BCUT2D eigenvalue weighted by atomic mass is 10.1. The molecule has 2 nitrogen and oxygen atoms in total. The summed E-state index contributed by atoms with van der Waals surface area (Å²) in [6.07, 6.45) is 0. The van der Waals surface area contributed by atoms with E-state index in [0.29, 0.717) is 0 Å². The Hall–Kier alpha value is -1.06. The molecule has 1 aromatic carbocycles. The maximum Gasteiger partial charge on any atom is 0.134 e. The van der Waals surface area contributed by atoms with Crippen LogP contribution >= 0.6 is 15.9 Å². The van der Waals surface area contributed by atoms with Gasteiger partial charge in [0.2, 0.25) is 0 Å². The van der Waals surface area contributed by atoms with Crippen molar-refractivity contribution in [2.24, 2.45) is 5.73 Å². The zero-order valence-electron chi connectivity index (χ0n) is 9.33. The van der Waals surface area contributed by atoms with Crippen LogP contribution in [0.1, 0.15) is 24.3 Å². The van der Waals surface area contributed by atoms with Gasteiger partial charge in [-0.1, -0.05) is 15.9 Å². The molecule has 1 aromatic heterocycles. The monoisotopic (exact) mass is 279 g/mol. The van der Waals surface area contributed by atoms with Crippen LogP contribution in [-0.2, 0) is 0 Å². The summed E-state index contributed by atoms with van der Waals surface area (Å²) >= 11 is 3.45. The molecule has 0 aliphatic rings. The zero-order chi connectivity index (χ0) is 11.7. The Morgan fingerprint density at radius 3 is 2.56 bits per heavy atom. The smallest absolute Gasteiger partial charge is 0.134 e. The van der Waals surface area contributed by atoms with Gasteiger partial charge in [-0.3, -0.25) is 0 Å². The quantitative estimate of drug-likeness (QED) is 0.901. The van der Waals surface area contributed by atoms with Crippen molar-refractivity contribution in [1.82, 2.24) is 0 Å². The van der Waals surface area contributed by atoms with E-state index in [4.69, 9.17) is 10.2 Å². The van der Waals surface area contributed by atoms with Crippen LogP contribution in [0.4, 0.5) is 0 Å². The van der Waals surface area contributed by atoms with Gasteiger partial charge < -0.3 is 10.2 Å². The van der Waals surface area contributed by atoms with E-state index in [1.54, 1.807) is 0 Å². The Morgan fingerprint density at radius 2 is 2.00 bits per heavy atom. The first kappa shape index (κ1) is 11.4. The van der Waals surface area contributed by atoms with E-state index in [0.717, 1.165) is 21.6 Å². The molecule has 3 heteroatoms. The van der Waals surface area contributed by atoms with Crippen molar-refractivity contribution in [3.63, 3.8) is 0 Å². The summed E-state index contributed by atoms with van der Waals surface area (Å²) < 4.78 is 6.79. The van der Waals surface area contributed by atoms with E-state index in [1.807, 2.05) is 31.2 Å². The molecule has 0 bridgehead atoms. The Kier molecular flexibility index (Phi) is 3.17. The summed E-state index contributed by atoms with van der Waals surface area (Å²) in [4.78, 5) is 0. The van der Waals surface area contributed by atoms with Gasteiger partial charge in [0.1, 0.15) is 11.5 Å². The van der Waals surface area contributed by atoms with Gasteiger partial charge in [0.25, 0.3) is 0 Å². The Bertz CT molecular complexity index is 502. The molecule has 0 saturated carbocycles. The van der Waals surface area contributed by atoms with E-state index in [2.05, 4.69) is 28.9 Å². The minimum Gasteiger partial charge on any atom is -0.459 e. The number of hydrogen-bond acceptors (Lipinski definition) is 2. The summed E-state index contributed by atoms with van der Waals surface area (Å²) in [7, 11) is 0. The van der Waals surface area contributed by atoms with Crippen LogP contribution in [0.25, 0.3) is 11.3 Å². The number of benzene rings is 1.